The van der Waals surface area contributed by atoms with Gasteiger partial charge in [-0.15, -0.1) is 13.2 Å². The first kappa shape index (κ1) is 7.66. The van der Waals surface area contributed by atoms with Gasteiger partial charge in [-0.05, 0) is 0 Å². The van der Waals surface area contributed by atoms with Crippen LogP contribution in [0.25, 0.3) is 0 Å². The van der Waals surface area contributed by atoms with Crippen molar-refractivity contribution in [1.29, 1.82) is 0 Å². The van der Waals surface area contributed by atoms with E-state index in [1.54, 1.807) is 12.2 Å². The Bertz CT molecular complexity index is 72.6. The summed E-state index contributed by atoms with van der Waals surface area (Å²) in [5.74, 6) is 0. The SMILES string of the molecule is C=CC(C=C)OC[SiH3]. The van der Waals surface area contributed by atoms with Gasteiger partial charge in [-0.2, -0.15) is 0 Å². The van der Waals surface area contributed by atoms with E-state index in [0.717, 1.165) is 16.5 Å². The third-order valence-corrected chi connectivity index (χ3v) is 1.16. The van der Waals surface area contributed by atoms with E-state index in [1.165, 1.54) is 0 Å². The van der Waals surface area contributed by atoms with E-state index in [-0.39, 0.29) is 6.10 Å². The van der Waals surface area contributed by atoms with Crippen molar-refractivity contribution in [1.82, 2.24) is 0 Å². The molecule has 0 N–H and O–H groups in total. The van der Waals surface area contributed by atoms with Crippen LogP contribution in [-0.2, 0) is 4.74 Å². The second-order valence-electron chi connectivity index (χ2n) is 1.39. The summed E-state index contributed by atoms with van der Waals surface area (Å²) in [6.07, 6.45) is 4.39. The Labute approximate surface area is 53.5 Å². The molecular weight excluding hydrogens is 116 g/mol. The standard InChI is InChI=1S/C6H12OSi/c1-3-6(4-2)7-5-8/h3-4,6H,1-2,5H2,8H3. The molecule has 0 atom stereocenters. The Morgan fingerprint density at radius 2 is 2.00 bits per heavy atom. The summed E-state index contributed by atoms with van der Waals surface area (Å²) in [6.45, 7) is 7.14. The first-order valence-electron chi connectivity index (χ1n) is 2.71. The van der Waals surface area contributed by atoms with Crippen LogP contribution < -0.4 is 0 Å². The van der Waals surface area contributed by atoms with E-state index < -0.39 is 0 Å². The van der Waals surface area contributed by atoms with Gasteiger partial charge in [0.1, 0.15) is 0 Å². The van der Waals surface area contributed by atoms with Crippen molar-refractivity contribution in [2.24, 2.45) is 0 Å². The molecule has 0 unspecified atom stereocenters. The van der Waals surface area contributed by atoms with Crippen molar-refractivity contribution in [3.63, 3.8) is 0 Å². The van der Waals surface area contributed by atoms with E-state index in [0.29, 0.717) is 0 Å². The van der Waals surface area contributed by atoms with Crippen molar-refractivity contribution in [3.05, 3.63) is 25.3 Å². The van der Waals surface area contributed by atoms with Crippen molar-refractivity contribution in [2.45, 2.75) is 6.10 Å². The van der Waals surface area contributed by atoms with Gasteiger partial charge in [-0.25, -0.2) is 0 Å². The molecule has 46 valence electrons. The summed E-state index contributed by atoms with van der Waals surface area (Å²) in [4.78, 5) is 0. The lowest BCUT2D eigenvalue weighted by atomic mass is 10.3. The number of rotatable bonds is 4. The zero-order valence-corrected chi connectivity index (χ0v) is 7.26. The third-order valence-electron chi connectivity index (χ3n) is 0.824. The van der Waals surface area contributed by atoms with Gasteiger partial charge in [0.2, 0.25) is 0 Å². The van der Waals surface area contributed by atoms with Gasteiger partial charge in [0.25, 0.3) is 0 Å². The van der Waals surface area contributed by atoms with Crippen LogP contribution in [0.15, 0.2) is 25.3 Å². The molecule has 1 nitrogen and oxygen atoms in total. The highest BCUT2D eigenvalue weighted by Crippen LogP contribution is 1.90. The van der Waals surface area contributed by atoms with Gasteiger partial charge in [0.05, 0.1) is 6.10 Å². The second kappa shape index (κ2) is 4.81. The average Bonchev–Trinajstić information content (AvgIpc) is 1.83. The molecule has 0 saturated carbocycles. The monoisotopic (exact) mass is 128 g/mol. The first-order valence-corrected chi connectivity index (χ1v) is 4.13. The molecule has 8 heavy (non-hydrogen) atoms. The van der Waals surface area contributed by atoms with E-state index in [9.17, 15) is 0 Å². The molecule has 0 fully saturated rings. The largest absolute Gasteiger partial charge is 0.374 e. The Morgan fingerprint density at radius 3 is 2.12 bits per heavy atom. The molecule has 0 bridgehead atoms. The van der Waals surface area contributed by atoms with Crippen LogP contribution in [-0.4, -0.2) is 22.6 Å². The lowest BCUT2D eigenvalue weighted by molar-refractivity contribution is 0.159. The van der Waals surface area contributed by atoms with E-state index in [1.807, 2.05) is 0 Å². The molecule has 0 aliphatic rings. The summed E-state index contributed by atoms with van der Waals surface area (Å²) in [6, 6.07) is 0. The Morgan fingerprint density at radius 1 is 1.50 bits per heavy atom. The number of hydrogen-bond donors (Lipinski definition) is 0. The molecule has 2 heteroatoms. The summed E-state index contributed by atoms with van der Waals surface area (Å²) in [7, 11) is 1.08. The predicted molar refractivity (Wildman–Crippen MR) is 40.1 cm³/mol. The Balaban J connectivity index is 3.35. The van der Waals surface area contributed by atoms with Crippen LogP contribution in [0.2, 0.25) is 0 Å². The minimum Gasteiger partial charge on any atom is -0.374 e. The second-order valence-corrected chi connectivity index (χ2v) is 1.97. The lowest BCUT2D eigenvalue weighted by Gasteiger charge is -2.04. The minimum absolute atomic E-state index is 0.0625. The van der Waals surface area contributed by atoms with Gasteiger partial charge in [0.15, 0.2) is 0 Å². The molecule has 0 aromatic heterocycles. The molecule has 0 aromatic rings. The van der Waals surface area contributed by atoms with Gasteiger partial charge < -0.3 is 4.74 Å². The molecule has 0 radical (unpaired) electrons. The van der Waals surface area contributed by atoms with Gasteiger partial charge >= 0.3 is 0 Å². The van der Waals surface area contributed by atoms with Crippen molar-refractivity contribution in [2.75, 3.05) is 6.23 Å². The molecule has 0 amide bonds. The zero-order valence-electron chi connectivity index (χ0n) is 5.26. The minimum atomic E-state index is 0.0625. The number of hydrogen-bond acceptors (Lipinski definition) is 1. The molecule has 0 saturated heterocycles. The van der Waals surface area contributed by atoms with Gasteiger partial charge in [0, 0.05) is 16.5 Å². The Hall–Kier alpha value is -0.343. The maximum absolute atomic E-state index is 5.17. The zero-order chi connectivity index (χ0) is 6.41. The highest BCUT2D eigenvalue weighted by molar-refractivity contribution is 6.08. The van der Waals surface area contributed by atoms with Crippen LogP contribution in [0.3, 0.4) is 0 Å². The van der Waals surface area contributed by atoms with E-state index in [4.69, 9.17) is 4.74 Å². The van der Waals surface area contributed by atoms with Crippen molar-refractivity contribution < 1.29 is 4.74 Å². The smallest absolute Gasteiger partial charge is 0.0927 e. The first-order chi connectivity index (χ1) is 3.85. The van der Waals surface area contributed by atoms with Crippen LogP contribution in [0, 0.1) is 0 Å². The van der Waals surface area contributed by atoms with Gasteiger partial charge in [-0.3, -0.25) is 0 Å². The molecule has 0 spiro atoms. The molecule has 0 rings (SSSR count). The van der Waals surface area contributed by atoms with Crippen LogP contribution in [0.4, 0.5) is 0 Å². The van der Waals surface area contributed by atoms with Crippen LogP contribution in [0.1, 0.15) is 0 Å². The van der Waals surface area contributed by atoms with Crippen molar-refractivity contribution >= 4 is 10.2 Å². The van der Waals surface area contributed by atoms with Gasteiger partial charge in [-0.1, -0.05) is 12.2 Å². The summed E-state index contributed by atoms with van der Waals surface area (Å²) in [5.41, 5.74) is 0. The fraction of sp³-hybridized carbons (Fsp3) is 0.333. The molecule has 0 heterocycles. The molecule has 0 aromatic carbocycles. The fourth-order valence-corrected chi connectivity index (χ4v) is 0.810. The maximum atomic E-state index is 5.17. The predicted octanol–water partition coefficient (Wildman–Crippen LogP) is 0.0665. The lowest BCUT2D eigenvalue weighted by Crippen LogP contribution is -2.05. The normalized spacial score (nSPS) is 9.62. The summed E-state index contributed by atoms with van der Waals surface area (Å²) < 4.78 is 5.17. The summed E-state index contributed by atoms with van der Waals surface area (Å²) >= 11 is 0. The third kappa shape index (κ3) is 2.77. The quantitative estimate of drug-likeness (QED) is 0.384. The van der Waals surface area contributed by atoms with E-state index in [2.05, 4.69) is 13.2 Å². The highest BCUT2D eigenvalue weighted by atomic mass is 28.1. The van der Waals surface area contributed by atoms with Crippen molar-refractivity contribution in [3.8, 4) is 0 Å². The topological polar surface area (TPSA) is 9.23 Å². The van der Waals surface area contributed by atoms with E-state index >= 15 is 0 Å². The molecule has 0 aliphatic carbocycles. The fourth-order valence-electron chi connectivity index (χ4n) is 0.425. The van der Waals surface area contributed by atoms with Crippen LogP contribution >= 0.6 is 0 Å². The maximum Gasteiger partial charge on any atom is 0.0927 e. The average molecular weight is 128 g/mol. The molecular formula is C6H12OSi. The Kier molecular flexibility index (Phi) is 4.60. The highest BCUT2D eigenvalue weighted by Gasteiger charge is 1.91. The molecule has 0 aliphatic heterocycles. The summed E-state index contributed by atoms with van der Waals surface area (Å²) in [5, 5.41) is 0. The van der Waals surface area contributed by atoms with Crippen LogP contribution in [0.5, 0.6) is 0 Å². The number of ether oxygens (including phenoxy) is 1.